The number of aromatic nitrogens is 1. The van der Waals surface area contributed by atoms with Crippen LogP contribution in [0.15, 0.2) is 59.4 Å². The molecule has 2 aromatic rings. The maximum Gasteiger partial charge on any atom is 0.158 e. The van der Waals surface area contributed by atoms with Gasteiger partial charge in [0.1, 0.15) is 5.69 Å². The van der Waals surface area contributed by atoms with E-state index in [0.29, 0.717) is 11.5 Å². The van der Waals surface area contributed by atoms with Crippen LogP contribution in [0.3, 0.4) is 0 Å². The largest absolute Gasteiger partial charge is 0.354 e. The topological polar surface area (TPSA) is 48.8 Å². The number of piperidine rings is 1. The predicted octanol–water partition coefficient (Wildman–Crippen LogP) is 4.65. The van der Waals surface area contributed by atoms with Crippen LogP contribution >= 0.6 is 0 Å². The molecule has 2 fully saturated rings. The SMILES string of the molecule is O=Nc1cccnc1N1CCC(=CC#Cc2cccc(CN3CCCC3)c2)CC1. The van der Waals surface area contributed by atoms with Gasteiger partial charge in [-0.3, -0.25) is 4.90 Å². The van der Waals surface area contributed by atoms with Crippen molar-refractivity contribution >= 4 is 11.5 Å². The van der Waals surface area contributed by atoms with Gasteiger partial charge >= 0.3 is 0 Å². The van der Waals surface area contributed by atoms with Gasteiger partial charge < -0.3 is 4.90 Å². The molecule has 0 N–H and O–H groups in total. The van der Waals surface area contributed by atoms with Gasteiger partial charge in [0.25, 0.3) is 0 Å². The quantitative estimate of drug-likeness (QED) is 0.567. The monoisotopic (exact) mass is 386 g/mol. The molecule has 0 amide bonds. The van der Waals surface area contributed by atoms with E-state index in [1.165, 1.54) is 37.1 Å². The second-order valence-electron chi connectivity index (χ2n) is 7.68. The smallest absolute Gasteiger partial charge is 0.158 e. The highest BCUT2D eigenvalue weighted by atomic mass is 16.3. The summed E-state index contributed by atoms with van der Waals surface area (Å²) in [7, 11) is 0. The second-order valence-corrected chi connectivity index (χ2v) is 7.68. The first kappa shape index (κ1) is 19.4. The van der Waals surface area contributed by atoms with Crippen LogP contribution in [-0.2, 0) is 6.54 Å². The number of likely N-dealkylation sites (tertiary alicyclic amines) is 1. The predicted molar refractivity (Wildman–Crippen MR) is 117 cm³/mol. The summed E-state index contributed by atoms with van der Waals surface area (Å²) < 4.78 is 0. The van der Waals surface area contributed by atoms with Crippen molar-refractivity contribution in [3.63, 3.8) is 0 Å². The van der Waals surface area contributed by atoms with Crippen LogP contribution in [-0.4, -0.2) is 36.1 Å². The molecule has 0 bridgehead atoms. The van der Waals surface area contributed by atoms with Crippen LogP contribution < -0.4 is 4.90 Å². The Balaban J connectivity index is 1.35. The molecule has 2 aliphatic rings. The van der Waals surface area contributed by atoms with E-state index < -0.39 is 0 Å². The minimum atomic E-state index is 0.411. The molecule has 5 nitrogen and oxygen atoms in total. The molecule has 2 saturated heterocycles. The van der Waals surface area contributed by atoms with Gasteiger partial charge in [0.15, 0.2) is 5.82 Å². The van der Waals surface area contributed by atoms with E-state index >= 15 is 0 Å². The van der Waals surface area contributed by atoms with Crippen LogP contribution in [0, 0.1) is 16.7 Å². The highest BCUT2D eigenvalue weighted by Gasteiger charge is 2.18. The molecule has 0 atom stereocenters. The minimum absolute atomic E-state index is 0.411. The molecule has 0 spiro atoms. The maximum absolute atomic E-state index is 11.0. The van der Waals surface area contributed by atoms with Crippen LogP contribution in [0.2, 0.25) is 0 Å². The summed E-state index contributed by atoms with van der Waals surface area (Å²) in [6.45, 7) is 5.11. The van der Waals surface area contributed by atoms with E-state index in [-0.39, 0.29) is 0 Å². The molecule has 29 heavy (non-hydrogen) atoms. The zero-order valence-electron chi connectivity index (χ0n) is 16.7. The Morgan fingerprint density at radius 2 is 1.90 bits per heavy atom. The highest BCUT2D eigenvalue weighted by Crippen LogP contribution is 2.29. The molecule has 0 aliphatic carbocycles. The van der Waals surface area contributed by atoms with E-state index in [9.17, 15) is 4.91 Å². The summed E-state index contributed by atoms with van der Waals surface area (Å²) in [5, 5.41) is 3.09. The van der Waals surface area contributed by atoms with Gasteiger partial charge in [-0.1, -0.05) is 29.5 Å². The Morgan fingerprint density at radius 1 is 1.07 bits per heavy atom. The molecule has 0 radical (unpaired) electrons. The van der Waals surface area contributed by atoms with E-state index in [0.717, 1.165) is 38.0 Å². The van der Waals surface area contributed by atoms with Gasteiger partial charge in [-0.05, 0) is 79.9 Å². The number of hydrogen-bond acceptors (Lipinski definition) is 5. The molecule has 4 rings (SSSR count). The normalized spacial score (nSPS) is 17.0. The van der Waals surface area contributed by atoms with Crippen molar-refractivity contribution in [2.24, 2.45) is 5.18 Å². The average molecular weight is 386 g/mol. The third kappa shape index (κ3) is 5.10. The molecule has 2 aliphatic heterocycles. The zero-order chi connectivity index (χ0) is 19.9. The van der Waals surface area contributed by atoms with Crippen molar-refractivity contribution in [1.82, 2.24) is 9.88 Å². The van der Waals surface area contributed by atoms with Gasteiger partial charge in [0.2, 0.25) is 0 Å². The first-order chi connectivity index (χ1) is 14.3. The Morgan fingerprint density at radius 3 is 2.69 bits per heavy atom. The number of anilines is 1. The van der Waals surface area contributed by atoms with Crippen molar-refractivity contribution in [1.29, 1.82) is 0 Å². The molecule has 148 valence electrons. The number of nitroso groups, excluding NO2 is 1. The third-order valence-electron chi connectivity index (χ3n) is 5.59. The van der Waals surface area contributed by atoms with Gasteiger partial charge in [0.05, 0.1) is 0 Å². The third-order valence-corrected chi connectivity index (χ3v) is 5.59. The average Bonchev–Trinajstić information content (AvgIpc) is 3.27. The van der Waals surface area contributed by atoms with Crippen LogP contribution in [0.5, 0.6) is 0 Å². The van der Waals surface area contributed by atoms with Gasteiger partial charge in [-0.15, -0.1) is 4.91 Å². The second kappa shape index (κ2) is 9.49. The molecule has 0 saturated carbocycles. The standard InChI is InChI=1S/C24H26N4O/c29-26-23-10-5-13-25-24(23)28-16-11-20(12-17-28)6-3-7-21-8-4-9-22(18-21)19-27-14-1-2-15-27/h4-6,8-10,13,18H,1-2,11-12,14-17,19H2. The van der Waals surface area contributed by atoms with Crippen molar-refractivity contribution < 1.29 is 0 Å². The fraction of sp³-hybridized carbons (Fsp3) is 0.375. The Bertz CT molecular complexity index is 941. The van der Waals surface area contributed by atoms with Crippen molar-refractivity contribution in [2.75, 3.05) is 31.1 Å². The first-order valence-electron chi connectivity index (χ1n) is 10.4. The van der Waals surface area contributed by atoms with Crippen LogP contribution in [0.4, 0.5) is 11.5 Å². The summed E-state index contributed by atoms with van der Waals surface area (Å²) in [4.78, 5) is 19.9. The molecule has 1 aromatic heterocycles. The Kier molecular flexibility index (Phi) is 6.33. The summed E-state index contributed by atoms with van der Waals surface area (Å²) in [6, 6.07) is 12.0. The Hall–Kier alpha value is -2.97. The molecular formula is C24H26N4O. The zero-order valence-corrected chi connectivity index (χ0v) is 16.7. The molecular weight excluding hydrogens is 360 g/mol. The minimum Gasteiger partial charge on any atom is -0.354 e. The van der Waals surface area contributed by atoms with Crippen molar-refractivity contribution in [2.45, 2.75) is 32.2 Å². The lowest BCUT2D eigenvalue weighted by molar-refractivity contribution is 0.331. The van der Waals surface area contributed by atoms with E-state index in [2.05, 4.69) is 62.1 Å². The van der Waals surface area contributed by atoms with Gasteiger partial charge in [0, 0.05) is 31.4 Å². The number of nitrogens with zero attached hydrogens (tertiary/aromatic N) is 4. The fourth-order valence-corrected chi connectivity index (χ4v) is 4.02. The number of hydrogen-bond donors (Lipinski definition) is 0. The summed E-state index contributed by atoms with van der Waals surface area (Å²) in [6.07, 6.45) is 8.26. The molecule has 5 heteroatoms. The lowest BCUT2D eigenvalue weighted by Gasteiger charge is -2.29. The fourth-order valence-electron chi connectivity index (χ4n) is 4.02. The van der Waals surface area contributed by atoms with E-state index in [1.54, 1.807) is 18.3 Å². The number of rotatable bonds is 4. The summed E-state index contributed by atoms with van der Waals surface area (Å²) >= 11 is 0. The molecule has 0 unspecified atom stereocenters. The first-order valence-corrected chi connectivity index (χ1v) is 10.4. The van der Waals surface area contributed by atoms with E-state index in [4.69, 9.17) is 0 Å². The maximum atomic E-state index is 11.0. The number of benzene rings is 1. The van der Waals surface area contributed by atoms with E-state index in [1.807, 2.05) is 0 Å². The molecule has 3 heterocycles. The molecule has 1 aromatic carbocycles. The lowest BCUT2D eigenvalue weighted by Crippen LogP contribution is -2.31. The van der Waals surface area contributed by atoms with Crippen LogP contribution in [0.25, 0.3) is 0 Å². The van der Waals surface area contributed by atoms with Gasteiger partial charge in [-0.25, -0.2) is 4.98 Å². The number of allylic oxidation sites excluding steroid dienone is 1. The Labute approximate surface area is 172 Å². The summed E-state index contributed by atoms with van der Waals surface area (Å²) in [5.74, 6) is 7.22. The highest BCUT2D eigenvalue weighted by molar-refractivity contribution is 5.61. The number of pyridine rings is 1. The van der Waals surface area contributed by atoms with Crippen molar-refractivity contribution in [3.05, 3.63) is 70.3 Å². The lowest BCUT2D eigenvalue weighted by atomic mass is 10.0. The van der Waals surface area contributed by atoms with Crippen LogP contribution in [0.1, 0.15) is 36.8 Å². The summed E-state index contributed by atoms with van der Waals surface area (Å²) in [5.41, 5.74) is 4.17. The van der Waals surface area contributed by atoms with Gasteiger partial charge in [-0.2, -0.15) is 0 Å². The van der Waals surface area contributed by atoms with Crippen molar-refractivity contribution in [3.8, 4) is 11.8 Å².